The van der Waals surface area contributed by atoms with E-state index in [4.69, 9.17) is 0 Å². The molecule has 2 aromatic heterocycles. The number of pyridine rings is 1. The summed E-state index contributed by atoms with van der Waals surface area (Å²) in [6.07, 6.45) is 4.09. The first-order valence-electron chi connectivity index (χ1n) is 6.08. The van der Waals surface area contributed by atoms with Crippen molar-refractivity contribution in [2.45, 2.75) is 12.3 Å². The molecule has 1 saturated heterocycles. The molecule has 0 amide bonds. The van der Waals surface area contributed by atoms with E-state index in [1.807, 2.05) is 6.07 Å². The van der Waals surface area contributed by atoms with Crippen molar-refractivity contribution in [1.82, 2.24) is 15.2 Å². The van der Waals surface area contributed by atoms with Crippen LogP contribution in [-0.2, 0) is 0 Å². The fraction of sp³-hybridized carbons (Fsp3) is 0.333. The SMILES string of the molecule is O=[N+]([O-])c1ccc(N2CCC(c3ccn[nH]3)C2)nc1. The number of aromatic nitrogens is 3. The highest BCUT2D eigenvalue weighted by atomic mass is 16.6. The smallest absolute Gasteiger partial charge is 0.287 e. The largest absolute Gasteiger partial charge is 0.356 e. The summed E-state index contributed by atoms with van der Waals surface area (Å²) in [5, 5.41) is 17.5. The molecule has 0 spiro atoms. The molecule has 98 valence electrons. The maximum atomic E-state index is 10.6. The standard InChI is InChI=1S/C12H13N5O2/c18-17(19)10-1-2-12(13-7-10)16-6-4-9(8-16)11-3-5-14-15-11/h1-3,5,7,9H,4,6,8H2,(H,14,15). The minimum absolute atomic E-state index is 0.0214. The second kappa shape index (κ2) is 4.68. The van der Waals surface area contributed by atoms with E-state index in [2.05, 4.69) is 20.1 Å². The molecule has 7 heteroatoms. The predicted molar refractivity (Wildman–Crippen MR) is 69.1 cm³/mol. The van der Waals surface area contributed by atoms with Crippen LogP contribution in [0.25, 0.3) is 0 Å². The third kappa shape index (κ3) is 2.26. The normalized spacial score (nSPS) is 18.7. The van der Waals surface area contributed by atoms with Crippen LogP contribution in [0.5, 0.6) is 0 Å². The molecule has 7 nitrogen and oxygen atoms in total. The molecule has 1 atom stereocenters. The van der Waals surface area contributed by atoms with Crippen LogP contribution >= 0.6 is 0 Å². The Morgan fingerprint density at radius 3 is 2.95 bits per heavy atom. The second-order valence-electron chi connectivity index (χ2n) is 4.58. The van der Waals surface area contributed by atoms with Gasteiger partial charge in [0.15, 0.2) is 0 Å². The Labute approximate surface area is 109 Å². The van der Waals surface area contributed by atoms with Crippen LogP contribution in [0, 0.1) is 10.1 Å². The molecule has 1 fully saturated rings. The summed E-state index contributed by atoms with van der Waals surface area (Å²) in [4.78, 5) is 16.4. The molecule has 1 unspecified atom stereocenters. The van der Waals surface area contributed by atoms with Crippen molar-refractivity contribution in [2.75, 3.05) is 18.0 Å². The molecule has 0 radical (unpaired) electrons. The summed E-state index contributed by atoms with van der Waals surface area (Å²) in [7, 11) is 0. The van der Waals surface area contributed by atoms with Gasteiger partial charge in [0, 0.05) is 37.0 Å². The summed E-state index contributed by atoms with van der Waals surface area (Å²) >= 11 is 0. The van der Waals surface area contributed by atoms with Crippen molar-refractivity contribution < 1.29 is 4.92 Å². The van der Waals surface area contributed by atoms with Crippen LogP contribution < -0.4 is 4.90 Å². The minimum atomic E-state index is -0.436. The van der Waals surface area contributed by atoms with Gasteiger partial charge >= 0.3 is 0 Å². The van der Waals surface area contributed by atoms with Crippen molar-refractivity contribution in [3.63, 3.8) is 0 Å². The Kier molecular flexibility index (Phi) is 2.86. The topological polar surface area (TPSA) is 88.0 Å². The van der Waals surface area contributed by atoms with Crippen LogP contribution in [0.4, 0.5) is 11.5 Å². The Bertz CT molecular complexity index is 566. The number of aromatic amines is 1. The highest BCUT2D eigenvalue weighted by Gasteiger charge is 2.25. The molecule has 2 aromatic rings. The maximum Gasteiger partial charge on any atom is 0.287 e. The van der Waals surface area contributed by atoms with Crippen LogP contribution in [0.2, 0.25) is 0 Å². The molecule has 0 aliphatic carbocycles. The van der Waals surface area contributed by atoms with E-state index in [1.54, 1.807) is 12.3 Å². The summed E-state index contributed by atoms with van der Waals surface area (Å²) < 4.78 is 0. The summed E-state index contributed by atoms with van der Waals surface area (Å²) in [6, 6.07) is 5.18. The Morgan fingerprint density at radius 1 is 1.42 bits per heavy atom. The third-order valence-corrected chi connectivity index (χ3v) is 3.42. The lowest BCUT2D eigenvalue weighted by Gasteiger charge is -2.16. The Morgan fingerprint density at radius 2 is 2.32 bits per heavy atom. The van der Waals surface area contributed by atoms with Crippen molar-refractivity contribution in [3.8, 4) is 0 Å². The average Bonchev–Trinajstić information content (AvgIpc) is 3.10. The van der Waals surface area contributed by atoms with Gasteiger partial charge in [-0.25, -0.2) is 4.98 Å². The number of nitrogens with one attached hydrogen (secondary N) is 1. The quantitative estimate of drug-likeness (QED) is 0.669. The predicted octanol–water partition coefficient (Wildman–Crippen LogP) is 1.71. The first-order valence-corrected chi connectivity index (χ1v) is 6.08. The number of hydrogen-bond acceptors (Lipinski definition) is 5. The molecule has 1 aliphatic heterocycles. The fourth-order valence-electron chi connectivity index (χ4n) is 2.39. The number of rotatable bonds is 3. The highest BCUT2D eigenvalue weighted by molar-refractivity contribution is 5.44. The van der Waals surface area contributed by atoms with Gasteiger partial charge in [-0.2, -0.15) is 5.10 Å². The van der Waals surface area contributed by atoms with Crippen LogP contribution in [-0.4, -0.2) is 33.2 Å². The molecular formula is C12H13N5O2. The van der Waals surface area contributed by atoms with Gasteiger partial charge in [0.1, 0.15) is 12.0 Å². The monoisotopic (exact) mass is 259 g/mol. The highest BCUT2D eigenvalue weighted by Crippen LogP contribution is 2.29. The minimum Gasteiger partial charge on any atom is -0.356 e. The molecule has 19 heavy (non-hydrogen) atoms. The second-order valence-corrected chi connectivity index (χ2v) is 4.58. The fourth-order valence-corrected chi connectivity index (χ4v) is 2.39. The number of H-pyrrole nitrogens is 1. The van der Waals surface area contributed by atoms with Crippen molar-refractivity contribution in [3.05, 3.63) is 46.4 Å². The lowest BCUT2D eigenvalue weighted by molar-refractivity contribution is -0.385. The number of nitro groups is 1. The van der Waals surface area contributed by atoms with Gasteiger partial charge in [-0.3, -0.25) is 15.2 Å². The first kappa shape index (κ1) is 11.6. The van der Waals surface area contributed by atoms with Crippen LogP contribution in [0.3, 0.4) is 0 Å². The van der Waals surface area contributed by atoms with E-state index in [0.717, 1.165) is 31.0 Å². The Hall–Kier alpha value is -2.44. The van der Waals surface area contributed by atoms with Gasteiger partial charge in [0.2, 0.25) is 0 Å². The number of nitrogens with zero attached hydrogens (tertiary/aromatic N) is 4. The molecular weight excluding hydrogens is 246 g/mol. The van der Waals surface area contributed by atoms with Gasteiger partial charge < -0.3 is 4.90 Å². The summed E-state index contributed by atoms with van der Waals surface area (Å²) in [5.74, 6) is 1.20. The van der Waals surface area contributed by atoms with Crippen molar-refractivity contribution >= 4 is 11.5 Å². The average molecular weight is 259 g/mol. The molecule has 1 aliphatic rings. The zero-order chi connectivity index (χ0) is 13.2. The van der Waals surface area contributed by atoms with Gasteiger partial charge in [-0.05, 0) is 18.6 Å². The van der Waals surface area contributed by atoms with E-state index < -0.39 is 4.92 Å². The van der Waals surface area contributed by atoms with Gasteiger partial charge in [0.25, 0.3) is 5.69 Å². The molecule has 0 aromatic carbocycles. The molecule has 3 rings (SSSR count). The zero-order valence-electron chi connectivity index (χ0n) is 10.2. The zero-order valence-corrected chi connectivity index (χ0v) is 10.2. The molecule has 3 heterocycles. The van der Waals surface area contributed by atoms with E-state index >= 15 is 0 Å². The van der Waals surface area contributed by atoms with Gasteiger partial charge in [-0.15, -0.1) is 0 Å². The molecule has 1 N–H and O–H groups in total. The van der Waals surface area contributed by atoms with Gasteiger partial charge in [0.05, 0.1) is 4.92 Å². The summed E-state index contributed by atoms with van der Waals surface area (Å²) in [6.45, 7) is 1.75. The molecule has 0 saturated carbocycles. The van der Waals surface area contributed by atoms with Crippen LogP contribution in [0.15, 0.2) is 30.6 Å². The van der Waals surface area contributed by atoms with Crippen molar-refractivity contribution in [1.29, 1.82) is 0 Å². The number of hydrogen-bond donors (Lipinski definition) is 1. The first-order chi connectivity index (χ1) is 9.24. The molecule has 0 bridgehead atoms. The third-order valence-electron chi connectivity index (χ3n) is 3.42. The summed E-state index contributed by atoms with van der Waals surface area (Å²) in [5.41, 5.74) is 1.15. The van der Waals surface area contributed by atoms with Crippen molar-refractivity contribution in [2.24, 2.45) is 0 Å². The Balaban J connectivity index is 1.72. The lowest BCUT2D eigenvalue weighted by atomic mass is 10.1. The van der Waals surface area contributed by atoms with Gasteiger partial charge in [-0.1, -0.05) is 0 Å². The maximum absolute atomic E-state index is 10.6. The van der Waals surface area contributed by atoms with Crippen LogP contribution in [0.1, 0.15) is 18.0 Å². The van der Waals surface area contributed by atoms with E-state index in [0.29, 0.717) is 5.92 Å². The van der Waals surface area contributed by atoms with E-state index in [1.165, 1.54) is 12.3 Å². The van der Waals surface area contributed by atoms with E-state index in [9.17, 15) is 10.1 Å². The lowest BCUT2D eigenvalue weighted by Crippen LogP contribution is -2.20. The van der Waals surface area contributed by atoms with E-state index in [-0.39, 0.29) is 5.69 Å². The number of anilines is 1.